The van der Waals surface area contributed by atoms with Gasteiger partial charge in [0.2, 0.25) is 5.91 Å². The molecule has 1 N–H and O–H groups in total. The van der Waals surface area contributed by atoms with Crippen LogP contribution in [0.4, 0.5) is 0 Å². The molecule has 5 heteroatoms. The molecule has 1 amide bonds. The van der Waals surface area contributed by atoms with Gasteiger partial charge in [-0.1, -0.05) is 36.8 Å². The smallest absolute Gasteiger partial charge is 0.310 e. The Labute approximate surface area is 140 Å². The number of hydrogen-bond donors (Lipinski definition) is 1. The van der Waals surface area contributed by atoms with Crippen LogP contribution in [-0.4, -0.2) is 21.9 Å². The molecule has 24 heavy (non-hydrogen) atoms. The zero-order valence-electron chi connectivity index (χ0n) is 13.5. The van der Waals surface area contributed by atoms with Crippen LogP contribution in [0.25, 0.3) is 0 Å². The summed E-state index contributed by atoms with van der Waals surface area (Å²) in [5, 5.41) is 9.47. The molecule has 1 aliphatic carbocycles. The predicted octanol–water partition coefficient (Wildman–Crippen LogP) is 3.45. The van der Waals surface area contributed by atoms with E-state index in [0.29, 0.717) is 31.7 Å². The van der Waals surface area contributed by atoms with E-state index in [-0.39, 0.29) is 12.3 Å². The summed E-state index contributed by atoms with van der Waals surface area (Å²) in [6.45, 7) is 0.784. The summed E-state index contributed by atoms with van der Waals surface area (Å²) in [7, 11) is 0. The average molecular weight is 327 g/mol. The molecule has 0 atom stereocenters. The molecule has 3 rings (SSSR count). The molecule has 1 aromatic carbocycles. The van der Waals surface area contributed by atoms with E-state index in [2.05, 4.69) is 0 Å². The van der Waals surface area contributed by atoms with Gasteiger partial charge < -0.3 is 14.4 Å². The molecule has 0 saturated heterocycles. The molecule has 1 aromatic heterocycles. The van der Waals surface area contributed by atoms with Gasteiger partial charge in [0.15, 0.2) is 0 Å². The molecular formula is C19H21NO4. The number of benzene rings is 1. The van der Waals surface area contributed by atoms with Crippen LogP contribution in [0.2, 0.25) is 0 Å². The van der Waals surface area contributed by atoms with Crippen molar-refractivity contribution in [3.63, 3.8) is 0 Å². The molecule has 2 aromatic rings. The number of nitrogens with zero attached hydrogens (tertiary/aromatic N) is 1. The minimum absolute atomic E-state index is 0.0515. The second kappa shape index (κ2) is 6.91. The third-order valence-electron chi connectivity index (χ3n) is 4.75. The van der Waals surface area contributed by atoms with Crippen LogP contribution in [0.5, 0.6) is 0 Å². The first kappa shape index (κ1) is 16.3. The lowest BCUT2D eigenvalue weighted by Gasteiger charge is -2.38. The number of carbonyl (C=O) groups is 2. The minimum Gasteiger partial charge on any atom is -0.481 e. The summed E-state index contributed by atoms with van der Waals surface area (Å²) in [4.78, 5) is 26.0. The molecule has 1 saturated carbocycles. The van der Waals surface area contributed by atoms with Crippen molar-refractivity contribution in [3.8, 4) is 0 Å². The molecule has 5 nitrogen and oxygen atoms in total. The SMILES string of the molecule is O=C(CC1(C(=O)O)CCC1)N(Cc1ccccc1)Cc1ccco1. The number of carboxylic acid groups (broad SMARTS) is 1. The van der Waals surface area contributed by atoms with Crippen LogP contribution >= 0.6 is 0 Å². The normalized spacial score (nSPS) is 15.5. The van der Waals surface area contributed by atoms with Crippen LogP contribution in [0.15, 0.2) is 53.1 Å². The molecule has 0 unspecified atom stereocenters. The molecule has 0 aliphatic heterocycles. The van der Waals surface area contributed by atoms with E-state index in [1.54, 1.807) is 17.2 Å². The van der Waals surface area contributed by atoms with E-state index in [4.69, 9.17) is 4.42 Å². The Hall–Kier alpha value is -2.56. The molecule has 126 valence electrons. The third kappa shape index (κ3) is 3.50. The summed E-state index contributed by atoms with van der Waals surface area (Å²) in [5.41, 5.74) is 0.130. The standard InChI is InChI=1S/C19H21NO4/c21-17(12-19(18(22)23)9-5-10-19)20(14-16-8-4-11-24-16)13-15-6-2-1-3-7-15/h1-4,6-8,11H,5,9-10,12-14H2,(H,22,23). The second-order valence-corrected chi connectivity index (χ2v) is 6.43. The Morgan fingerprint density at radius 2 is 1.83 bits per heavy atom. The molecule has 1 fully saturated rings. The van der Waals surface area contributed by atoms with Gasteiger partial charge in [-0.3, -0.25) is 9.59 Å². The number of amides is 1. The summed E-state index contributed by atoms with van der Waals surface area (Å²) >= 11 is 0. The fourth-order valence-corrected chi connectivity index (χ4v) is 3.10. The van der Waals surface area contributed by atoms with Gasteiger partial charge in [-0.2, -0.15) is 0 Å². The summed E-state index contributed by atoms with van der Waals surface area (Å²) in [6, 6.07) is 13.3. The first-order valence-corrected chi connectivity index (χ1v) is 8.17. The number of carboxylic acids is 1. The Balaban J connectivity index is 1.75. The first-order chi connectivity index (χ1) is 11.6. The Morgan fingerprint density at radius 3 is 2.38 bits per heavy atom. The lowest BCUT2D eigenvalue weighted by molar-refractivity contribution is -0.159. The summed E-state index contributed by atoms with van der Waals surface area (Å²) in [5.74, 6) is -0.311. The topological polar surface area (TPSA) is 70.8 Å². The fraction of sp³-hybridized carbons (Fsp3) is 0.368. The quantitative estimate of drug-likeness (QED) is 0.845. The zero-order chi connectivity index (χ0) is 17.0. The fourth-order valence-electron chi connectivity index (χ4n) is 3.10. The highest BCUT2D eigenvalue weighted by atomic mass is 16.4. The number of aliphatic carboxylic acids is 1. The molecule has 0 radical (unpaired) electrons. The molecule has 1 heterocycles. The van der Waals surface area contributed by atoms with Crippen molar-refractivity contribution < 1.29 is 19.1 Å². The van der Waals surface area contributed by atoms with E-state index in [0.717, 1.165) is 12.0 Å². The minimum atomic E-state index is -0.880. The van der Waals surface area contributed by atoms with E-state index < -0.39 is 11.4 Å². The van der Waals surface area contributed by atoms with Crippen molar-refractivity contribution in [1.82, 2.24) is 4.90 Å². The monoisotopic (exact) mass is 327 g/mol. The second-order valence-electron chi connectivity index (χ2n) is 6.43. The van der Waals surface area contributed by atoms with Gasteiger partial charge in [-0.15, -0.1) is 0 Å². The largest absolute Gasteiger partial charge is 0.481 e. The van der Waals surface area contributed by atoms with Crippen molar-refractivity contribution in [2.45, 2.75) is 38.8 Å². The predicted molar refractivity (Wildman–Crippen MR) is 87.9 cm³/mol. The van der Waals surface area contributed by atoms with E-state index in [1.165, 1.54) is 0 Å². The third-order valence-corrected chi connectivity index (χ3v) is 4.75. The van der Waals surface area contributed by atoms with Crippen LogP contribution < -0.4 is 0 Å². The van der Waals surface area contributed by atoms with Gasteiger partial charge in [0, 0.05) is 13.0 Å². The van der Waals surface area contributed by atoms with Crippen LogP contribution in [0.1, 0.15) is 37.0 Å². The number of furan rings is 1. The average Bonchev–Trinajstić information content (AvgIpc) is 3.04. The maximum Gasteiger partial charge on any atom is 0.310 e. The Bertz CT molecular complexity index is 689. The van der Waals surface area contributed by atoms with Crippen LogP contribution in [-0.2, 0) is 22.7 Å². The van der Waals surface area contributed by atoms with Crippen molar-refractivity contribution in [3.05, 3.63) is 60.1 Å². The maximum atomic E-state index is 12.8. The van der Waals surface area contributed by atoms with Crippen LogP contribution in [0.3, 0.4) is 0 Å². The van der Waals surface area contributed by atoms with Gasteiger partial charge >= 0.3 is 5.97 Å². The van der Waals surface area contributed by atoms with Crippen molar-refractivity contribution >= 4 is 11.9 Å². The Morgan fingerprint density at radius 1 is 1.08 bits per heavy atom. The van der Waals surface area contributed by atoms with Crippen LogP contribution in [0, 0.1) is 5.41 Å². The number of rotatable bonds is 7. The molecule has 1 aliphatic rings. The van der Waals surface area contributed by atoms with Gasteiger partial charge in [-0.05, 0) is 30.5 Å². The molecular weight excluding hydrogens is 306 g/mol. The van der Waals surface area contributed by atoms with E-state index >= 15 is 0 Å². The molecule has 0 spiro atoms. The Kier molecular flexibility index (Phi) is 4.69. The first-order valence-electron chi connectivity index (χ1n) is 8.17. The van der Waals surface area contributed by atoms with Gasteiger partial charge in [0.1, 0.15) is 5.76 Å². The van der Waals surface area contributed by atoms with E-state index in [9.17, 15) is 14.7 Å². The van der Waals surface area contributed by atoms with E-state index in [1.807, 2.05) is 36.4 Å². The van der Waals surface area contributed by atoms with Crippen molar-refractivity contribution in [2.24, 2.45) is 5.41 Å². The number of carbonyl (C=O) groups excluding carboxylic acids is 1. The maximum absolute atomic E-state index is 12.8. The van der Waals surface area contributed by atoms with Crippen molar-refractivity contribution in [1.29, 1.82) is 0 Å². The zero-order valence-corrected chi connectivity index (χ0v) is 13.5. The lowest BCUT2D eigenvalue weighted by Crippen LogP contribution is -2.43. The van der Waals surface area contributed by atoms with Crippen molar-refractivity contribution in [2.75, 3.05) is 0 Å². The highest BCUT2D eigenvalue weighted by molar-refractivity contribution is 5.85. The highest BCUT2D eigenvalue weighted by Gasteiger charge is 2.46. The van der Waals surface area contributed by atoms with Gasteiger partial charge in [0.05, 0.1) is 18.2 Å². The highest BCUT2D eigenvalue weighted by Crippen LogP contribution is 2.44. The lowest BCUT2D eigenvalue weighted by atomic mass is 9.66. The van der Waals surface area contributed by atoms with Gasteiger partial charge in [-0.25, -0.2) is 0 Å². The number of hydrogen-bond acceptors (Lipinski definition) is 3. The summed E-state index contributed by atoms with van der Waals surface area (Å²) < 4.78 is 5.36. The summed E-state index contributed by atoms with van der Waals surface area (Å²) in [6.07, 6.45) is 3.65. The molecule has 0 bridgehead atoms. The van der Waals surface area contributed by atoms with Gasteiger partial charge in [0.25, 0.3) is 0 Å².